The van der Waals surface area contributed by atoms with Crippen LogP contribution in [-0.4, -0.2) is 82.5 Å². The van der Waals surface area contributed by atoms with Gasteiger partial charge in [-0.2, -0.15) is 0 Å². The van der Waals surface area contributed by atoms with Crippen molar-refractivity contribution in [1.82, 2.24) is 19.4 Å². The number of aromatic amines is 1. The molecule has 0 aliphatic carbocycles. The maximum atomic E-state index is 11.4. The monoisotopic (exact) mass is 282 g/mol. The molecule has 0 amide bonds. The minimum absolute atomic E-state index is 0.0746. The molecular formula is C13H22N4O3. The molecule has 0 unspecified atom stereocenters. The fourth-order valence-corrected chi connectivity index (χ4v) is 3.07. The van der Waals surface area contributed by atoms with Crippen LogP contribution in [0.2, 0.25) is 0 Å². The molecule has 2 atom stereocenters. The van der Waals surface area contributed by atoms with E-state index in [1.807, 2.05) is 0 Å². The largest absolute Gasteiger partial charge is 0.390 e. The van der Waals surface area contributed by atoms with E-state index in [1.165, 1.54) is 0 Å². The molecule has 0 aromatic carbocycles. The van der Waals surface area contributed by atoms with Gasteiger partial charge < -0.3 is 14.8 Å². The Kier molecular flexibility index (Phi) is 4.21. The molecule has 3 heterocycles. The van der Waals surface area contributed by atoms with Gasteiger partial charge in [0.1, 0.15) is 0 Å². The Morgan fingerprint density at radius 2 is 2.10 bits per heavy atom. The molecule has 7 heteroatoms. The summed E-state index contributed by atoms with van der Waals surface area (Å²) >= 11 is 0. The summed E-state index contributed by atoms with van der Waals surface area (Å²) < 4.78 is 7.01. The molecule has 0 saturated carbocycles. The van der Waals surface area contributed by atoms with E-state index in [0.29, 0.717) is 13.1 Å². The summed E-state index contributed by atoms with van der Waals surface area (Å²) in [5.74, 6) is 0. The third-order valence-corrected chi connectivity index (χ3v) is 4.23. The zero-order valence-electron chi connectivity index (χ0n) is 11.6. The molecule has 7 nitrogen and oxygen atoms in total. The van der Waals surface area contributed by atoms with E-state index in [0.717, 1.165) is 39.4 Å². The highest BCUT2D eigenvalue weighted by Crippen LogP contribution is 2.17. The number of hydrogen-bond donors (Lipinski definition) is 2. The third kappa shape index (κ3) is 2.95. The lowest BCUT2D eigenvalue weighted by molar-refractivity contribution is -0.00616. The summed E-state index contributed by atoms with van der Waals surface area (Å²) in [4.78, 5) is 18.6. The van der Waals surface area contributed by atoms with Crippen LogP contribution in [0.3, 0.4) is 0 Å². The zero-order valence-corrected chi connectivity index (χ0v) is 11.6. The number of hydrogen-bond acceptors (Lipinski definition) is 5. The predicted octanol–water partition coefficient (Wildman–Crippen LogP) is -1.45. The predicted molar refractivity (Wildman–Crippen MR) is 73.7 cm³/mol. The lowest BCUT2D eigenvalue weighted by Crippen LogP contribution is -2.48. The van der Waals surface area contributed by atoms with Gasteiger partial charge in [-0.3, -0.25) is 14.4 Å². The second-order valence-electron chi connectivity index (χ2n) is 5.50. The van der Waals surface area contributed by atoms with E-state index in [4.69, 9.17) is 4.74 Å². The normalized spacial score (nSPS) is 29.1. The topological polar surface area (TPSA) is 73.7 Å². The molecule has 0 spiro atoms. The highest BCUT2D eigenvalue weighted by Gasteiger charge is 2.35. The number of morpholine rings is 1. The number of rotatable bonds is 4. The van der Waals surface area contributed by atoms with Crippen LogP contribution < -0.4 is 5.69 Å². The lowest BCUT2D eigenvalue weighted by Gasteiger charge is -2.33. The van der Waals surface area contributed by atoms with Gasteiger partial charge in [0.15, 0.2) is 0 Å². The maximum Gasteiger partial charge on any atom is 0.325 e. The molecule has 0 radical (unpaired) electrons. The number of likely N-dealkylation sites (tertiary alicyclic amines) is 1. The van der Waals surface area contributed by atoms with Gasteiger partial charge in [-0.25, -0.2) is 4.79 Å². The Morgan fingerprint density at radius 1 is 1.30 bits per heavy atom. The summed E-state index contributed by atoms with van der Waals surface area (Å²) in [6, 6.07) is 0.196. The number of nitrogens with zero attached hydrogens (tertiary/aromatic N) is 3. The molecular weight excluding hydrogens is 260 g/mol. The van der Waals surface area contributed by atoms with Crippen LogP contribution in [0.5, 0.6) is 0 Å². The summed E-state index contributed by atoms with van der Waals surface area (Å²) in [5.41, 5.74) is -0.0746. The SMILES string of the molecule is O=c1[nH]ccn1CCN1C[C@H](O)[C@@H](N2CCOCC2)C1. The number of H-pyrrole nitrogens is 1. The van der Waals surface area contributed by atoms with Crippen LogP contribution >= 0.6 is 0 Å². The van der Waals surface area contributed by atoms with Gasteiger partial charge in [0.05, 0.1) is 19.3 Å². The maximum absolute atomic E-state index is 11.4. The minimum atomic E-state index is -0.309. The van der Waals surface area contributed by atoms with Crippen LogP contribution in [0.4, 0.5) is 0 Å². The van der Waals surface area contributed by atoms with Crippen LogP contribution in [0.25, 0.3) is 0 Å². The van der Waals surface area contributed by atoms with Crippen molar-refractivity contribution >= 4 is 0 Å². The summed E-state index contributed by atoms with van der Waals surface area (Å²) in [7, 11) is 0. The van der Waals surface area contributed by atoms with Crippen LogP contribution in [0, 0.1) is 0 Å². The first-order valence-corrected chi connectivity index (χ1v) is 7.20. The Hall–Kier alpha value is -1.15. The first-order valence-electron chi connectivity index (χ1n) is 7.20. The number of aliphatic hydroxyl groups excluding tert-OH is 1. The van der Waals surface area contributed by atoms with Gasteiger partial charge >= 0.3 is 5.69 Å². The van der Waals surface area contributed by atoms with Gasteiger partial charge in [-0.1, -0.05) is 0 Å². The Morgan fingerprint density at radius 3 is 2.80 bits per heavy atom. The average molecular weight is 282 g/mol. The third-order valence-electron chi connectivity index (χ3n) is 4.23. The molecule has 0 bridgehead atoms. The standard InChI is InChI=1S/C13H22N4O3/c18-12-10-15(3-4-17-2-1-14-13(17)19)9-11(12)16-5-7-20-8-6-16/h1-2,11-12,18H,3-10H2,(H,14,19)/t11-,12-/m0/s1. The van der Waals surface area contributed by atoms with Gasteiger partial charge in [0.25, 0.3) is 0 Å². The molecule has 2 aliphatic heterocycles. The first kappa shape index (κ1) is 13.8. The molecule has 2 fully saturated rings. The van der Waals surface area contributed by atoms with Crippen molar-refractivity contribution in [3.8, 4) is 0 Å². The first-order chi connectivity index (χ1) is 9.74. The van der Waals surface area contributed by atoms with Crippen molar-refractivity contribution in [3.63, 3.8) is 0 Å². The minimum Gasteiger partial charge on any atom is -0.390 e. The molecule has 2 N–H and O–H groups in total. The number of aliphatic hydroxyl groups is 1. The van der Waals surface area contributed by atoms with Crippen molar-refractivity contribution in [3.05, 3.63) is 22.9 Å². The van der Waals surface area contributed by atoms with E-state index in [2.05, 4.69) is 14.8 Å². The lowest BCUT2D eigenvalue weighted by atomic mass is 10.2. The summed E-state index contributed by atoms with van der Waals surface area (Å²) in [6.45, 7) is 6.28. The molecule has 1 aromatic heterocycles. The van der Waals surface area contributed by atoms with Crippen molar-refractivity contribution in [2.75, 3.05) is 45.9 Å². The number of β-amino-alcohol motifs (C(OH)–C–C–N with tert-alkyl or cyclic N) is 1. The van der Waals surface area contributed by atoms with Crippen molar-refractivity contribution < 1.29 is 9.84 Å². The van der Waals surface area contributed by atoms with Gasteiger partial charge in [0, 0.05) is 57.7 Å². The van der Waals surface area contributed by atoms with Crippen molar-refractivity contribution in [2.24, 2.45) is 0 Å². The quantitative estimate of drug-likeness (QED) is 0.707. The highest BCUT2D eigenvalue weighted by atomic mass is 16.5. The fraction of sp³-hybridized carbons (Fsp3) is 0.769. The molecule has 20 heavy (non-hydrogen) atoms. The molecule has 1 aromatic rings. The molecule has 2 saturated heterocycles. The van der Waals surface area contributed by atoms with E-state index < -0.39 is 0 Å². The fourth-order valence-electron chi connectivity index (χ4n) is 3.07. The zero-order chi connectivity index (χ0) is 13.9. The molecule has 2 aliphatic rings. The van der Waals surface area contributed by atoms with Gasteiger partial charge in [-0.05, 0) is 0 Å². The van der Waals surface area contributed by atoms with Crippen LogP contribution in [0.1, 0.15) is 0 Å². The molecule has 112 valence electrons. The number of aromatic nitrogens is 2. The highest BCUT2D eigenvalue weighted by molar-refractivity contribution is 4.91. The number of ether oxygens (including phenoxy) is 1. The van der Waals surface area contributed by atoms with Crippen LogP contribution in [-0.2, 0) is 11.3 Å². The molecule has 3 rings (SSSR count). The second-order valence-corrected chi connectivity index (χ2v) is 5.50. The van der Waals surface area contributed by atoms with E-state index in [-0.39, 0.29) is 17.8 Å². The Balaban J connectivity index is 1.52. The van der Waals surface area contributed by atoms with E-state index in [1.54, 1.807) is 17.0 Å². The number of imidazole rings is 1. The second kappa shape index (κ2) is 6.09. The Labute approximate surface area is 117 Å². The van der Waals surface area contributed by atoms with Crippen molar-refractivity contribution in [2.45, 2.75) is 18.7 Å². The van der Waals surface area contributed by atoms with E-state index in [9.17, 15) is 9.90 Å². The van der Waals surface area contributed by atoms with E-state index >= 15 is 0 Å². The smallest absolute Gasteiger partial charge is 0.325 e. The number of nitrogens with one attached hydrogen (secondary N) is 1. The van der Waals surface area contributed by atoms with Crippen LogP contribution in [0.15, 0.2) is 17.2 Å². The van der Waals surface area contributed by atoms with Crippen molar-refractivity contribution in [1.29, 1.82) is 0 Å². The van der Waals surface area contributed by atoms with Gasteiger partial charge in [-0.15, -0.1) is 0 Å². The van der Waals surface area contributed by atoms with Gasteiger partial charge in [0.2, 0.25) is 0 Å². The summed E-state index contributed by atoms with van der Waals surface area (Å²) in [6.07, 6.45) is 3.10. The summed E-state index contributed by atoms with van der Waals surface area (Å²) in [5, 5.41) is 10.2. The average Bonchev–Trinajstić information content (AvgIpc) is 3.03. The Bertz CT molecular complexity index is 480.